The van der Waals surface area contributed by atoms with E-state index in [4.69, 9.17) is 9.84 Å². The van der Waals surface area contributed by atoms with Crippen molar-refractivity contribution in [3.8, 4) is 5.75 Å². The van der Waals surface area contributed by atoms with Crippen LogP contribution in [0.4, 0.5) is 0 Å². The second kappa shape index (κ2) is 5.23. The van der Waals surface area contributed by atoms with Crippen molar-refractivity contribution >= 4 is 0 Å². The lowest BCUT2D eigenvalue weighted by Crippen LogP contribution is -1.98. The molecule has 0 spiro atoms. The molecule has 0 unspecified atom stereocenters. The van der Waals surface area contributed by atoms with E-state index < -0.39 is 0 Å². The Morgan fingerprint density at radius 2 is 1.75 bits per heavy atom. The molecule has 0 saturated carbocycles. The van der Waals surface area contributed by atoms with Crippen LogP contribution in [-0.2, 0) is 13.2 Å². The van der Waals surface area contributed by atoms with Crippen molar-refractivity contribution < 1.29 is 9.84 Å². The molecule has 0 radical (unpaired) electrons. The average molecular weight is 216 g/mol. The molecule has 4 heteroatoms. The number of aliphatic hydroxyl groups is 1. The van der Waals surface area contributed by atoms with Crippen molar-refractivity contribution in [3.05, 3.63) is 54.1 Å². The molecule has 4 nitrogen and oxygen atoms in total. The highest BCUT2D eigenvalue weighted by Gasteiger charge is 1.97. The second-order valence-corrected chi connectivity index (χ2v) is 3.27. The Morgan fingerprint density at radius 1 is 1.06 bits per heavy atom. The van der Waals surface area contributed by atoms with E-state index in [1.807, 2.05) is 30.3 Å². The van der Waals surface area contributed by atoms with Gasteiger partial charge in [0.15, 0.2) is 11.6 Å². The molecule has 0 aliphatic heterocycles. The number of hydrogen-bond acceptors (Lipinski definition) is 4. The summed E-state index contributed by atoms with van der Waals surface area (Å²) in [6.07, 6.45) is 3.11. The molecule has 0 aliphatic rings. The Hall–Kier alpha value is -1.94. The van der Waals surface area contributed by atoms with E-state index in [0.29, 0.717) is 18.2 Å². The van der Waals surface area contributed by atoms with E-state index in [1.54, 1.807) is 12.4 Å². The quantitative estimate of drug-likeness (QED) is 0.842. The molecule has 0 fully saturated rings. The molecule has 0 amide bonds. The van der Waals surface area contributed by atoms with Crippen molar-refractivity contribution in [1.82, 2.24) is 9.97 Å². The van der Waals surface area contributed by atoms with Gasteiger partial charge in [-0.25, -0.2) is 9.97 Å². The molecule has 0 aliphatic carbocycles. The Bertz CT molecular complexity index is 429. The summed E-state index contributed by atoms with van der Waals surface area (Å²) in [4.78, 5) is 7.85. The average Bonchev–Trinajstić information content (AvgIpc) is 2.38. The SMILES string of the molecule is OCc1ncc(OCc2ccccc2)cn1. The molecule has 1 heterocycles. The van der Waals surface area contributed by atoms with Crippen LogP contribution in [0.5, 0.6) is 5.75 Å². The fourth-order valence-corrected chi connectivity index (χ4v) is 1.24. The van der Waals surface area contributed by atoms with Crippen molar-refractivity contribution in [1.29, 1.82) is 0 Å². The van der Waals surface area contributed by atoms with E-state index in [1.165, 1.54) is 0 Å². The molecule has 0 atom stereocenters. The predicted octanol–water partition coefficient (Wildman–Crippen LogP) is 1.55. The lowest BCUT2D eigenvalue weighted by Gasteiger charge is -2.05. The number of rotatable bonds is 4. The number of aromatic nitrogens is 2. The van der Waals surface area contributed by atoms with Crippen LogP contribution in [0.3, 0.4) is 0 Å². The fraction of sp³-hybridized carbons (Fsp3) is 0.167. The summed E-state index contributed by atoms with van der Waals surface area (Å²) < 4.78 is 5.48. The molecule has 16 heavy (non-hydrogen) atoms. The molecule has 1 aromatic heterocycles. The van der Waals surface area contributed by atoms with Crippen LogP contribution in [0.1, 0.15) is 11.4 Å². The maximum absolute atomic E-state index is 8.77. The first-order valence-electron chi connectivity index (χ1n) is 4.97. The molecule has 2 aromatic rings. The van der Waals surface area contributed by atoms with Gasteiger partial charge < -0.3 is 9.84 Å². The van der Waals surface area contributed by atoms with Gasteiger partial charge in [0.05, 0.1) is 12.4 Å². The number of ether oxygens (including phenoxy) is 1. The molecule has 2 rings (SSSR count). The first-order valence-corrected chi connectivity index (χ1v) is 4.97. The zero-order chi connectivity index (χ0) is 11.2. The molecule has 0 bridgehead atoms. The molecule has 1 N–H and O–H groups in total. The Morgan fingerprint density at radius 3 is 2.38 bits per heavy atom. The summed E-state index contributed by atoms with van der Waals surface area (Å²) in [6, 6.07) is 9.86. The van der Waals surface area contributed by atoms with Gasteiger partial charge in [0.25, 0.3) is 0 Å². The van der Waals surface area contributed by atoms with Crippen LogP contribution < -0.4 is 4.74 Å². The first-order chi connectivity index (χ1) is 7.88. The van der Waals surface area contributed by atoms with Gasteiger partial charge in [0.2, 0.25) is 0 Å². The van der Waals surface area contributed by atoms with E-state index in [9.17, 15) is 0 Å². The van der Waals surface area contributed by atoms with Gasteiger partial charge in [-0.2, -0.15) is 0 Å². The first kappa shape index (κ1) is 10.6. The molecular weight excluding hydrogens is 204 g/mol. The fourth-order valence-electron chi connectivity index (χ4n) is 1.24. The van der Waals surface area contributed by atoms with Crippen LogP contribution in [0, 0.1) is 0 Å². The summed E-state index contributed by atoms with van der Waals surface area (Å²) >= 11 is 0. The Kier molecular flexibility index (Phi) is 3.46. The zero-order valence-corrected chi connectivity index (χ0v) is 8.71. The number of benzene rings is 1. The highest BCUT2D eigenvalue weighted by atomic mass is 16.5. The maximum Gasteiger partial charge on any atom is 0.156 e. The highest BCUT2D eigenvalue weighted by molar-refractivity contribution is 5.16. The largest absolute Gasteiger partial charge is 0.486 e. The minimum absolute atomic E-state index is 0.154. The van der Waals surface area contributed by atoms with E-state index in [2.05, 4.69) is 9.97 Å². The van der Waals surface area contributed by atoms with Crippen molar-refractivity contribution in [3.63, 3.8) is 0 Å². The van der Waals surface area contributed by atoms with Crippen LogP contribution in [-0.4, -0.2) is 15.1 Å². The van der Waals surface area contributed by atoms with Crippen LogP contribution in [0.15, 0.2) is 42.7 Å². The monoisotopic (exact) mass is 216 g/mol. The van der Waals surface area contributed by atoms with Gasteiger partial charge >= 0.3 is 0 Å². The lowest BCUT2D eigenvalue weighted by molar-refractivity contribution is 0.268. The topological polar surface area (TPSA) is 55.2 Å². The molecule has 82 valence electrons. The minimum atomic E-state index is -0.154. The standard InChI is InChI=1S/C12H12N2O2/c15-8-12-13-6-11(7-14-12)16-9-10-4-2-1-3-5-10/h1-7,15H,8-9H2. The van der Waals surface area contributed by atoms with E-state index >= 15 is 0 Å². The van der Waals surface area contributed by atoms with Crippen LogP contribution in [0.2, 0.25) is 0 Å². The molecular formula is C12H12N2O2. The molecule has 1 aromatic carbocycles. The summed E-state index contributed by atoms with van der Waals surface area (Å²) in [6.45, 7) is 0.335. The Balaban J connectivity index is 1.94. The number of aliphatic hydroxyl groups excluding tert-OH is 1. The number of nitrogens with zero attached hydrogens (tertiary/aromatic N) is 2. The summed E-state index contributed by atoms with van der Waals surface area (Å²) in [5.41, 5.74) is 1.09. The normalized spacial score (nSPS) is 10.1. The minimum Gasteiger partial charge on any atom is -0.486 e. The van der Waals surface area contributed by atoms with Gasteiger partial charge in [-0.1, -0.05) is 30.3 Å². The summed E-state index contributed by atoms with van der Waals surface area (Å²) in [5.74, 6) is 0.994. The third-order valence-electron chi connectivity index (χ3n) is 2.07. The van der Waals surface area contributed by atoms with Crippen LogP contribution in [0.25, 0.3) is 0 Å². The molecule has 0 saturated heterocycles. The highest BCUT2D eigenvalue weighted by Crippen LogP contribution is 2.09. The van der Waals surface area contributed by atoms with Crippen molar-refractivity contribution in [2.45, 2.75) is 13.2 Å². The Labute approximate surface area is 93.6 Å². The van der Waals surface area contributed by atoms with E-state index in [-0.39, 0.29) is 6.61 Å². The maximum atomic E-state index is 8.77. The number of hydrogen-bond donors (Lipinski definition) is 1. The van der Waals surface area contributed by atoms with Gasteiger partial charge in [-0.05, 0) is 5.56 Å². The van der Waals surface area contributed by atoms with Gasteiger partial charge in [-0.3, -0.25) is 0 Å². The predicted molar refractivity (Wildman–Crippen MR) is 58.7 cm³/mol. The summed E-state index contributed by atoms with van der Waals surface area (Å²) in [5, 5.41) is 8.77. The van der Waals surface area contributed by atoms with Crippen molar-refractivity contribution in [2.24, 2.45) is 0 Å². The van der Waals surface area contributed by atoms with Gasteiger partial charge in [0.1, 0.15) is 13.2 Å². The smallest absolute Gasteiger partial charge is 0.156 e. The van der Waals surface area contributed by atoms with E-state index in [0.717, 1.165) is 5.56 Å². The zero-order valence-electron chi connectivity index (χ0n) is 8.71. The van der Waals surface area contributed by atoms with Gasteiger partial charge in [0, 0.05) is 0 Å². The second-order valence-electron chi connectivity index (χ2n) is 3.27. The van der Waals surface area contributed by atoms with Crippen molar-refractivity contribution in [2.75, 3.05) is 0 Å². The van der Waals surface area contributed by atoms with Crippen LogP contribution >= 0.6 is 0 Å². The van der Waals surface area contributed by atoms with Gasteiger partial charge in [-0.15, -0.1) is 0 Å². The third kappa shape index (κ3) is 2.77. The summed E-state index contributed by atoms with van der Waals surface area (Å²) in [7, 11) is 0. The third-order valence-corrected chi connectivity index (χ3v) is 2.07. The lowest BCUT2D eigenvalue weighted by atomic mass is 10.2.